The van der Waals surface area contributed by atoms with Crippen molar-refractivity contribution in [2.45, 2.75) is 26.3 Å². The smallest absolute Gasteiger partial charge is 0.243 e. The molecule has 5 nitrogen and oxygen atoms in total. The molecule has 2 rings (SSSR count). The third-order valence-electron chi connectivity index (χ3n) is 2.98. The van der Waals surface area contributed by atoms with Crippen molar-refractivity contribution in [3.63, 3.8) is 0 Å². The molecule has 1 unspecified atom stereocenters. The standard InChI is InChI=1S/C14H19N3O2/c1-9(2)13(15)14-16-12(17-19-14)8-10-5-4-6-11(7-10)18-3/h4-7,9,13H,8,15H2,1-3H3. The molecule has 0 bridgehead atoms. The Kier molecular flexibility index (Phi) is 4.16. The lowest BCUT2D eigenvalue weighted by molar-refractivity contribution is 0.322. The summed E-state index contributed by atoms with van der Waals surface area (Å²) in [5.41, 5.74) is 7.05. The van der Waals surface area contributed by atoms with Crippen LogP contribution in [0.15, 0.2) is 28.8 Å². The number of nitrogens with zero attached hydrogens (tertiary/aromatic N) is 2. The second-order valence-electron chi connectivity index (χ2n) is 4.85. The summed E-state index contributed by atoms with van der Waals surface area (Å²) in [4.78, 5) is 4.34. The minimum absolute atomic E-state index is 0.216. The van der Waals surface area contributed by atoms with E-state index in [1.165, 1.54) is 0 Å². The lowest BCUT2D eigenvalue weighted by Gasteiger charge is -2.09. The largest absolute Gasteiger partial charge is 0.497 e. The summed E-state index contributed by atoms with van der Waals surface area (Å²) in [5.74, 6) is 2.22. The van der Waals surface area contributed by atoms with E-state index in [1.54, 1.807) is 7.11 Å². The third kappa shape index (κ3) is 3.32. The second kappa shape index (κ2) is 5.84. The highest BCUT2D eigenvalue weighted by molar-refractivity contribution is 5.30. The van der Waals surface area contributed by atoms with E-state index >= 15 is 0 Å². The number of ether oxygens (including phenoxy) is 1. The van der Waals surface area contributed by atoms with Crippen LogP contribution in [-0.2, 0) is 6.42 Å². The molecule has 102 valence electrons. The van der Waals surface area contributed by atoms with Gasteiger partial charge in [-0.2, -0.15) is 4.98 Å². The summed E-state index contributed by atoms with van der Waals surface area (Å²) < 4.78 is 10.4. The fraction of sp³-hybridized carbons (Fsp3) is 0.429. The van der Waals surface area contributed by atoms with Crippen LogP contribution in [-0.4, -0.2) is 17.3 Å². The predicted octanol–water partition coefficient (Wildman–Crippen LogP) is 2.32. The maximum Gasteiger partial charge on any atom is 0.243 e. The highest BCUT2D eigenvalue weighted by atomic mass is 16.5. The van der Waals surface area contributed by atoms with E-state index in [2.05, 4.69) is 10.1 Å². The zero-order valence-electron chi connectivity index (χ0n) is 11.5. The molecule has 0 saturated heterocycles. The number of hydrogen-bond donors (Lipinski definition) is 1. The topological polar surface area (TPSA) is 74.2 Å². The molecular formula is C14H19N3O2. The lowest BCUT2D eigenvalue weighted by Crippen LogP contribution is -2.17. The van der Waals surface area contributed by atoms with Crippen molar-refractivity contribution in [3.8, 4) is 5.75 Å². The molecule has 0 saturated carbocycles. The van der Waals surface area contributed by atoms with Crippen LogP contribution < -0.4 is 10.5 Å². The first kappa shape index (κ1) is 13.5. The van der Waals surface area contributed by atoms with Gasteiger partial charge in [-0.15, -0.1) is 0 Å². The highest BCUT2D eigenvalue weighted by Crippen LogP contribution is 2.19. The Morgan fingerprint density at radius 2 is 2.16 bits per heavy atom. The maximum absolute atomic E-state index is 5.97. The number of rotatable bonds is 5. The zero-order valence-corrected chi connectivity index (χ0v) is 11.5. The van der Waals surface area contributed by atoms with E-state index in [9.17, 15) is 0 Å². The molecule has 0 aliphatic heterocycles. The fourth-order valence-electron chi connectivity index (χ4n) is 1.72. The molecule has 0 spiro atoms. The summed E-state index contributed by atoms with van der Waals surface area (Å²) in [6.45, 7) is 4.05. The number of methoxy groups -OCH3 is 1. The SMILES string of the molecule is COc1cccc(Cc2noc(C(N)C(C)C)n2)c1. The highest BCUT2D eigenvalue weighted by Gasteiger charge is 2.18. The minimum atomic E-state index is -0.216. The monoisotopic (exact) mass is 261 g/mol. The molecule has 5 heteroatoms. The van der Waals surface area contributed by atoms with Crippen molar-refractivity contribution < 1.29 is 9.26 Å². The van der Waals surface area contributed by atoms with Crippen LogP contribution in [0.3, 0.4) is 0 Å². The van der Waals surface area contributed by atoms with Gasteiger partial charge in [0.1, 0.15) is 5.75 Å². The van der Waals surface area contributed by atoms with Gasteiger partial charge in [0.15, 0.2) is 5.82 Å². The first-order chi connectivity index (χ1) is 9.10. The van der Waals surface area contributed by atoms with Crippen molar-refractivity contribution in [1.29, 1.82) is 0 Å². The van der Waals surface area contributed by atoms with Gasteiger partial charge in [0, 0.05) is 6.42 Å². The summed E-state index contributed by atoms with van der Waals surface area (Å²) in [6, 6.07) is 7.58. The normalized spacial score (nSPS) is 12.7. The molecule has 1 heterocycles. The second-order valence-corrected chi connectivity index (χ2v) is 4.85. The van der Waals surface area contributed by atoms with E-state index < -0.39 is 0 Å². The van der Waals surface area contributed by atoms with Crippen molar-refractivity contribution in [2.75, 3.05) is 7.11 Å². The number of aromatic nitrogens is 2. The van der Waals surface area contributed by atoms with Crippen LogP contribution in [0.5, 0.6) is 5.75 Å². The number of hydrogen-bond acceptors (Lipinski definition) is 5. The third-order valence-corrected chi connectivity index (χ3v) is 2.98. The molecule has 2 N–H and O–H groups in total. The van der Waals surface area contributed by atoms with Crippen LogP contribution in [0.2, 0.25) is 0 Å². The van der Waals surface area contributed by atoms with Gasteiger partial charge in [0.2, 0.25) is 5.89 Å². The van der Waals surface area contributed by atoms with E-state index in [0.717, 1.165) is 11.3 Å². The average Bonchev–Trinajstić information content (AvgIpc) is 2.86. The maximum atomic E-state index is 5.97. The molecule has 0 radical (unpaired) electrons. The molecule has 0 fully saturated rings. The van der Waals surface area contributed by atoms with E-state index in [1.807, 2.05) is 38.1 Å². The Morgan fingerprint density at radius 3 is 2.84 bits per heavy atom. The van der Waals surface area contributed by atoms with E-state index in [4.69, 9.17) is 15.0 Å². The molecule has 1 atom stereocenters. The molecule has 19 heavy (non-hydrogen) atoms. The Balaban J connectivity index is 2.11. The van der Waals surface area contributed by atoms with Gasteiger partial charge in [-0.3, -0.25) is 0 Å². The van der Waals surface area contributed by atoms with Crippen molar-refractivity contribution in [2.24, 2.45) is 11.7 Å². The zero-order chi connectivity index (χ0) is 13.8. The summed E-state index contributed by atoms with van der Waals surface area (Å²) in [6.07, 6.45) is 0.603. The average molecular weight is 261 g/mol. The first-order valence-electron chi connectivity index (χ1n) is 6.31. The Bertz CT molecular complexity index is 537. The predicted molar refractivity (Wildman–Crippen MR) is 71.9 cm³/mol. The van der Waals surface area contributed by atoms with E-state index in [0.29, 0.717) is 18.1 Å². The number of nitrogens with two attached hydrogens (primary N) is 1. The molecule has 0 aliphatic rings. The quantitative estimate of drug-likeness (QED) is 0.894. The fourth-order valence-corrected chi connectivity index (χ4v) is 1.72. The molecule has 2 aromatic rings. The molecule has 1 aromatic heterocycles. The molecule has 0 aliphatic carbocycles. The van der Waals surface area contributed by atoms with Gasteiger partial charge >= 0.3 is 0 Å². The summed E-state index contributed by atoms with van der Waals surface area (Å²) in [5, 5.41) is 3.96. The summed E-state index contributed by atoms with van der Waals surface area (Å²) in [7, 11) is 1.65. The van der Waals surface area contributed by atoms with Gasteiger partial charge in [-0.25, -0.2) is 0 Å². The van der Waals surface area contributed by atoms with Gasteiger partial charge in [0.25, 0.3) is 0 Å². The van der Waals surface area contributed by atoms with Crippen LogP contribution in [0.1, 0.15) is 37.2 Å². The Hall–Kier alpha value is -1.88. The van der Waals surface area contributed by atoms with Crippen LogP contribution in [0, 0.1) is 5.92 Å². The molecule has 0 amide bonds. The summed E-state index contributed by atoms with van der Waals surface area (Å²) >= 11 is 0. The van der Waals surface area contributed by atoms with Gasteiger partial charge in [-0.05, 0) is 23.6 Å². The van der Waals surface area contributed by atoms with Gasteiger partial charge in [-0.1, -0.05) is 31.1 Å². The lowest BCUT2D eigenvalue weighted by atomic mass is 10.1. The number of benzene rings is 1. The van der Waals surface area contributed by atoms with Gasteiger partial charge in [0.05, 0.1) is 13.2 Å². The minimum Gasteiger partial charge on any atom is -0.497 e. The van der Waals surface area contributed by atoms with E-state index in [-0.39, 0.29) is 12.0 Å². The van der Waals surface area contributed by atoms with Crippen LogP contribution >= 0.6 is 0 Å². The first-order valence-corrected chi connectivity index (χ1v) is 6.31. The molecule has 1 aromatic carbocycles. The van der Waals surface area contributed by atoms with Crippen molar-refractivity contribution in [3.05, 3.63) is 41.5 Å². The van der Waals surface area contributed by atoms with Crippen LogP contribution in [0.4, 0.5) is 0 Å². The Labute approximate surface area is 112 Å². The van der Waals surface area contributed by atoms with Crippen molar-refractivity contribution >= 4 is 0 Å². The van der Waals surface area contributed by atoms with Gasteiger partial charge < -0.3 is 15.0 Å². The molecular weight excluding hydrogens is 242 g/mol. The Morgan fingerprint density at radius 1 is 1.37 bits per heavy atom. The van der Waals surface area contributed by atoms with Crippen molar-refractivity contribution in [1.82, 2.24) is 10.1 Å². The van der Waals surface area contributed by atoms with Crippen LogP contribution in [0.25, 0.3) is 0 Å².